The fourth-order valence-electron chi connectivity index (χ4n) is 1.56. The van der Waals surface area contributed by atoms with Crippen molar-refractivity contribution in [2.75, 3.05) is 10.5 Å². The summed E-state index contributed by atoms with van der Waals surface area (Å²) < 4.78 is 31.5. The Morgan fingerprint density at radius 3 is 2.58 bits per heavy atom. The average Bonchev–Trinajstić information content (AvgIpc) is 2.68. The number of aromatic nitrogens is 1. The number of rotatable bonds is 3. The summed E-state index contributed by atoms with van der Waals surface area (Å²) in [4.78, 5) is 0.0449. The first kappa shape index (κ1) is 13.7. The molecule has 3 N–H and O–H groups in total. The van der Waals surface area contributed by atoms with E-state index in [0.29, 0.717) is 16.3 Å². The summed E-state index contributed by atoms with van der Waals surface area (Å²) in [7, 11) is -3.79. The molecule has 1 heterocycles. The molecule has 0 radical (unpaired) electrons. The van der Waals surface area contributed by atoms with Crippen molar-refractivity contribution in [1.29, 1.82) is 0 Å². The van der Waals surface area contributed by atoms with Crippen LogP contribution >= 0.6 is 11.6 Å². The third-order valence-corrected chi connectivity index (χ3v) is 4.26. The minimum Gasteiger partial charge on any atom is -0.397 e. The number of aryl methyl sites for hydroxylation is 2. The standard InChI is InChI=1S/C11H12ClN3O3S/c1-6-3-8(12)9(13)5-10(6)19(16,17)15-11-4-7(2)14-18-11/h3-5,15H,13H2,1-2H3. The van der Waals surface area contributed by atoms with Crippen LogP contribution in [-0.2, 0) is 10.0 Å². The van der Waals surface area contributed by atoms with E-state index in [-0.39, 0.29) is 16.5 Å². The van der Waals surface area contributed by atoms with Crippen LogP contribution in [0.1, 0.15) is 11.3 Å². The van der Waals surface area contributed by atoms with Crippen LogP contribution in [0.3, 0.4) is 0 Å². The van der Waals surface area contributed by atoms with Crippen molar-refractivity contribution in [1.82, 2.24) is 5.16 Å². The summed E-state index contributed by atoms with van der Waals surface area (Å²) in [6.45, 7) is 3.32. The molecule has 0 aliphatic rings. The lowest BCUT2D eigenvalue weighted by Gasteiger charge is -2.09. The first-order valence-electron chi connectivity index (χ1n) is 5.31. The highest BCUT2D eigenvalue weighted by Crippen LogP contribution is 2.27. The molecule has 1 aromatic carbocycles. The number of nitrogens with two attached hydrogens (primary N) is 1. The average molecular weight is 302 g/mol. The van der Waals surface area contributed by atoms with Crippen molar-refractivity contribution in [3.8, 4) is 0 Å². The predicted octanol–water partition coefficient (Wildman–Crippen LogP) is 2.33. The molecular formula is C11H12ClN3O3S. The van der Waals surface area contributed by atoms with Crippen LogP contribution in [0, 0.1) is 13.8 Å². The highest BCUT2D eigenvalue weighted by molar-refractivity contribution is 7.92. The van der Waals surface area contributed by atoms with Gasteiger partial charge in [0.25, 0.3) is 10.0 Å². The molecule has 8 heteroatoms. The molecule has 0 saturated carbocycles. The first-order valence-corrected chi connectivity index (χ1v) is 7.17. The van der Waals surface area contributed by atoms with Crippen LogP contribution in [0.5, 0.6) is 0 Å². The van der Waals surface area contributed by atoms with Crippen LogP contribution in [0.2, 0.25) is 5.02 Å². The maximum atomic E-state index is 12.2. The fraction of sp³-hybridized carbons (Fsp3) is 0.182. The van der Waals surface area contributed by atoms with E-state index in [0.717, 1.165) is 0 Å². The minimum atomic E-state index is -3.79. The number of hydrogen-bond donors (Lipinski definition) is 2. The summed E-state index contributed by atoms with van der Waals surface area (Å²) in [5, 5.41) is 3.91. The Labute approximate surface area is 115 Å². The van der Waals surface area contributed by atoms with E-state index in [1.807, 2.05) is 0 Å². The van der Waals surface area contributed by atoms with E-state index in [4.69, 9.17) is 21.9 Å². The molecule has 0 aliphatic carbocycles. The molecule has 0 amide bonds. The summed E-state index contributed by atoms with van der Waals surface area (Å²) in [5.41, 5.74) is 6.88. The van der Waals surface area contributed by atoms with E-state index in [9.17, 15) is 8.42 Å². The molecule has 0 spiro atoms. The second-order valence-corrected chi connectivity index (χ2v) is 6.14. The Bertz CT molecular complexity index is 725. The quantitative estimate of drug-likeness (QED) is 0.848. The second-order valence-electron chi connectivity index (χ2n) is 4.08. The zero-order valence-corrected chi connectivity index (χ0v) is 11.8. The van der Waals surface area contributed by atoms with Crippen LogP contribution in [0.15, 0.2) is 27.6 Å². The Balaban J connectivity index is 2.42. The Morgan fingerprint density at radius 2 is 2.00 bits per heavy atom. The van der Waals surface area contributed by atoms with Gasteiger partial charge in [-0.2, -0.15) is 0 Å². The van der Waals surface area contributed by atoms with Crippen LogP contribution < -0.4 is 10.5 Å². The first-order chi connectivity index (χ1) is 8.79. The zero-order chi connectivity index (χ0) is 14.2. The number of nitrogen functional groups attached to an aromatic ring is 1. The molecule has 0 unspecified atom stereocenters. The lowest BCUT2D eigenvalue weighted by atomic mass is 10.2. The van der Waals surface area contributed by atoms with Crippen molar-refractivity contribution in [2.45, 2.75) is 18.7 Å². The van der Waals surface area contributed by atoms with E-state index in [1.54, 1.807) is 13.8 Å². The molecule has 0 fully saturated rings. The van der Waals surface area contributed by atoms with Gasteiger partial charge < -0.3 is 10.3 Å². The number of hydrogen-bond acceptors (Lipinski definition) is 5. The van der Waals surface area contributed by atoms with Crippen molar-refractivity contribution in [3.63, 3.8) is 0 Å². The van der Waals surface area contributed by atoms with Gasteiger partial charge in [-0.25, -0.2) is 13.1 Å². The Morgan fingerprint density at radius 1 is 1.32 bits per heavy atom. The van der Waals surface area contributed by atoms with Gasteiger partial charge in [-0.15, -0.1) is 0 Å². The molecule has 0 aliphatic heterocycles. The highest BCUT2D eigenvalue weighted by atomic mass is 35.5. The van der Waals surface area contributed by atoms with Gasteiger partial charge in [0, 0.05) is 6.07 Å². The highest BCUT2D eigenvalue weighted by Gasteiger charge is 2.20. The van der Waals surface area contributed by atoms with Gasteiger partial charge in [-0.3, -0.25) is 0 Å². The van der Waals surface area contributed by atoms with E-state index in [1.165, 1.54) is 18.2 Å². The monoisotopic (exact) mass is 301 g/mol. The van der Waals surface area contributed by atoms with E-state index >= 15 is 0 Å². The molecular weight excluding hydrogens is 290 g/mol. The van der Waals surface area contributed by atoms with Gasteiger partial charge >= 0.3 is 0 Å². The van der Waals surface area contributed by atoms with Crippen LogP contribution in [-0.4, -0.2) is 13.6 Å². The third-order valence-electron chi connectivity index (χ3n) is 2.45. The number of nitrogens with one attached hydrogen (secondary N) is 1. The summed E-state index contributed by atoms with van der Waals surface area (Å²) >= 11 is 5.83. The maximum Gasteiger partial charge on any atom is 0.264 e. The van der Waals surface area contributed by atoms with Gasteiger partial charge in [-0.1, -0.05) is 16.8 Å². The second kappa shape index (κ2) is 4.75. The van der Waals surface area contributed by atoms with Gasteiger partial charge in [0.1, 0.15) is 0 Å². The van der Waals surface area contributed by atoms with Crippen molar-refractivity contribution in [2.24, 2.45) is 0 Å². The topological polar surface area (TPSA) is 98.2 Å². The van der Waals surface area contributed by atoms with Gasteiger partial charge in [0.15, 0.2) is 0 Å². The third kappa shape index (κ3) is 2.82. The summed E-state index contributed by atoms with van der Waals surface area (Å²) in [6.07, 6.45) is 0. The van der Waals surface area contributed by atoms with Crippen molar-refractivity contribution >= 4 is 33.2 Å². The molecule has 19 heavy (non-hydrogen) atoms. The van der Waals surface area contributed by atoms with Gasteiger partial charge in [0.05, 0.1) is 21.3 Å². The molecule has 102 valence electrons. The Hall–Kier alpha value is -1.73. The zero-order valence-electron chi connectivity index (χ0n) is 10.3. The number of halogens is 1. The molecule has 0 saturated heterocycles. The summed E-state index contributed by atoms with van der Waals surface area (Å²) in [6, 6.07) is 4.28. The molecule has 0 atom stereocenters. The molecule has 6 nitrogen and oxygen atoms in total. The number of sulfonamides is 1. The SMILES string of the molecule is Cc1cc(NS(=O)(=O)c2cc(N)c(Cl)cc2C)on1. The van der Waals surface area contributed by atoms with E-state index < -0.39 is 10.0 Å². The van der Waals surface area contributed by atoms with Gasteiger partial charge in [0.2, 0.25) is 5.88 Å². The van der Waals surface area contributed by atoms with Crippen LogP contribution in [0.4, 0.5) is 11.6 Å². The smallest absolute Gasteiger partial charge is 0.264 e. The predicted molar refractivity (Wildman–Crippen MR) is 72.6 cm³/mol. The number of nitrogens with zero attached hydrogens (tertiary/aromatic N) is 1. The number of anilines is 2. The van der Waals surface area contributed by atoms with Crippen molar-refractivity contribution < 1.29 is 12.9 Å². The lowest BCUT2D eigenvalue weighted by molar-refractivity contribution is 0.430. The lowest BCUT2D eigenvalue weighted by Crippen LogP contribution is -2.14. The number of benzene rings is 1. The van der Waals surface area contributed by atoms with Gasteiger partial charge in [-0.05, 0) is 31.5 Å². The largest absolute Gasteiger partial charge is 0.397 e. The fourth-order valence-corrected chi connectivity index (χ4v) is 3.01. The normalized spacial score (nSPS) is 11.5. The maximum absolute atomic E-state index is 12.2. The summed E-state index contributed by atoms with van der Waals surface area (Å²) in [5.74, 6) is 0.0467. The molecule has 0 bridgehead atoms. The Kier molecular flexibility index (Phi) is 3.42. The minimum absolute atomic E-state index is 0.0449. The molecule has 2 aromatic rings. The van der Waals surface area contributed by atoms with Crippen LogP contribution in [0.25, 0.3) is 0 Å². The van der Waals surface area contributed by atoms with Crippen molar-refractivity contribution in [3.05, 3.63) is 34.5 Å². The van der Waals surface area contributed by atoms with E-state index in [2.05, 4.69) is 9.88 Å². The molecule has 2 rings (SSSR count). The molecule has 1 aromatic heterocycles.